The van der Waals surface area contributed by atoms with Gasteiger partial charge in [0.05, 0.1) is 0 Å². The lowest BCUT2D eigenvalue weighted by atomic mass is 10.1. The summed E-state index contributed by atoms with van der Waals surface area (Å²) >= 11 is 1.62. The molecular formula is C25H24N2S. The molecule has 28 heavy (non-hydrogen) atoms. The van der Waals surface area contributed by atoms with Crippen LogP contribution in [0.1, 0.15) is 41.3 Å². The Morgan fingerprint density at radius 3 is 2.61 bits per heavy atom. The van der Waals surface area contributed by atoms with Crippen LogP contribution in [0.3, 0.4) is 0 Å². The van der Waals surface area contributed by atoms with Gasteiger partial charge in [-0.1, -0.05) is 61.2 Å². The fourth-order valence-electron chi connectivity index (χ4n) is 2.76. The molecule has 3 rings (SSSR count). The summed E-state index contributed by atoms with van der Waals surface area (Å²) in [6.45, 7) is 4.96. The molecule has 0 aliphatic rings. The second-order valence-corrected chi connectivity index (χ2v) is 7.25. The van der Waals surface area contributed by atoms with Gasteiger partial charge in [-0.05, 0) is 66.8 Å². The van der Waals surface area contributed by atoms with Crippen LogP contribution in [-0.2, 0) is 6.54 Å². The molecule has 0 saturated heterocycles. The highest BCUT2D eigenvalue weighted by Gasteiger charge is 2.05. The van der Waals surface area contributed by atoms with Crippen molar-refractivity contribution in [2.45, 2.75) is 31.7 Å². The molecule has 3 aromatic rings. The van der Waals surface area contributed by atoms with Crippen LogP contribution < -0.4 is 4.72 Å². The molecule has 0 amide bonds. The van der Waals surface area contributed by atoms with Crippen LogP contribution in [0.4, 0.5) is 0 Å². The molecular weight excluding hydrogens is 360 g/mol. The van der Waals surface area contributed by atoms with E-state index in [2.05, 4.69) is 65.7 Å². The molecule has 0 fully saturated rings. The van der Waals surface area contributed by atoms with Crippen molar-refractivity contribution in [3.05, 3.63) is 101 Å². The molecule has 0 saturated carbocycles. The maximum atomic E-state index is 4.42. The highest BCUT2D eigenvalue weighted by Crippen LogP contribution is 2.21. The largest absolute Gasteiger partial charge is 0.261 e. The Morgan fingerprint density at radius 1 is 1.00 bits per heavy atom. The molecule has 2 aromatic carbocycles. The molecule has 0 atom stereocenters. The predicted octanol–water partition coefficient (Wildman–Crippen LogP) is 6.01. The summed E-state index contributed by atoms with van der Waals surface area (Å²) in [4.78, 5) is 5.55. The molecule has 0 unspecified atom stereocenters. The lowest BCUT2D eigenvalue weighted by Crippen LogP contribution is -2.06. The molecule has 1 heterocycles. The highest BCUT2D eigenvalue weighted by molar-refractivity contribution is 7.97. The van der Waals surface area contributed by atoms with Crippen LogP contribution in [-0.4, -0.2) is 4.98 Å². The van der Waals surface area contributed by atoms with Gasteiger partial charge in [0.25, 0.3) is 0 Å². The van der Waals surface area contributed by atoms with E-state index >= 15 is 0 Å². The van der Waals surface area contributed by atoms with E-state index in [1.165, 1.54) is 11.1 Å². The zero-order chi connectivity index (χ0) is 19.6. The van der Waals surface area contributed by atoms with E-state index in [4.69, 9.17) is 0 Å². The third kappa shape index (κ3) is 5.60. The number of benzene rings is 2. The van der Waals surface area contributed by atoms with Crippen LogP contribution in [0.15, 0.2) is 77.8 Å². The van der Waals surface area contributed by atoms with Crippen molar-refractivity contribution in [3.8, 4) is 11.8 Å². The average Bonchev–Trinajstić information content (AvgIpc) is 2.73. The van der Waals surface area contributed by atoms with Gasteiger partial charge in [-0.25, -0.2) is 0 Å². The number of hydrogen-bond acceptors (Lipinski definition) is 3. The van der Waals surface area contributed by atoms with Gasteiger partial charge in [-0.3, -0.25) is 9.71 Å². The molecule has 0 bridgehead atoms. The Labute approximate surface area is 172 Å². The van der Waals surface area contributed by atoms with Crippen LogP contribution in [0.25, 0.3) is 6.08 Å². The normalized spacial score (nSPS) is 10.6. The lowest BCUT2D eigenvalue weighted by molar-refractivity contribution is 0.956. The number of nitrogens with zero attached hydrogens (tertiary/aromatic N) is 1. The molecule has 2 nitrogen and oxygen atoms in total. The summed E-state index contributed by atoms with van der Waals surface area (Å²) in [6, 6.07) is 20.4. The van der Waals surface area contributed by atoms with Crippen LogP contribution in [0, 0.1) is 18.8 Å². The Kier molecular flexibility index (Phi) is 7.49. The van der Waals surface area contributed by atoms with Crippen molar-refractivity contribution >= 4 is 18.0 Å². The first-order chi connectivity index (χ1) is 13.8. The van der Waals surface area contributed by atoms with E-state index in [0.717, 1.165) is 34.7 Å². The van der Waals surface area contributed by atoms with E-state index < -0.39 is 0 Å². The lowest BCUT2D eigenvalue weighted by Gasteiger charge is -2.10. The SMILES string of the molecule is CC/C=C\c1c(CNSc2ccccc2C#Cc2ccccc2)ccnc1C. The molecule has 140 valence electrons. The number of aryl methyl sites for hydroxylation is 1. The molecule has 1 N–H and O–H groups in total. The Bertz CT molecular complexity index is 998. The summed E-state index contributed by atoms with van der Waals surface area (Å²) in [5.41, 5.74) is 5.56. The summed E-state index contributed by atoms with van der Waals surface area (Å²) in [5.74, 6) is 6.54. The van der Waals surface area contributed by atoms with Crippen molar-refractivity contribution < 1.29 is 0 Å². The van der Waals surface area contributed by atoms with E-state index in [0.29, 0.717) is 0 Å². The third-order valence-corrected chi connectivity index (χ3v) is 5.11. The van der Waals surface area contributed by atoms with Crippen molar-refractivity contribution in [3.63, 3.8) is 0 Å². The van der Waals surface area contributed by atoms with E-state index in [9.17, 15) is 0 Å². The number of rotatable bonds is 6. The van der Waals surface area contributed by atoms with Gasteiger partial charge in [-0.15, -0.1) is 0 Å². The van der Waals surface area contributed by atoms with E-state index in [1.807, 2.05) is 48.7 Å². The second-order valence-electron chi connectivity index (χ2n) is 6.32. The molecule has 0 radical (unpaired) electrons. The Morgan fingerprint density at radius 2 is 1.79 bits per heavy atom. The first-order valence-electron chi connectivity index (χ1n) is 9.44. The maximum Gasteiger partial charge on any atom is 0.0448 e. The van der Waals surface area contributed by atoms with Gasteiger partial charge in [0.1, 0.15) is 0 Å². The van der Waals surface area contributed by atoms with Gasteiger partial charge in [0, 0.05) is 34.5 Å². The first-order valence-corrected chi connectivity index (χ1v) is 10.3. The van der Waals surface area contributed by atoms with Crippen LogP contribution in [0.2, 0.25) is 0 Å². The minimum atomic E-state index is 0.762. The maximum absolute atomic E-state index is 4.42. The van der Waals surface area contributed by atoms with Crippen molar-refractivity contribution in [1.82, 2.24) is 9.71 Å². The van der Waals surface area contributed by atoms with Crippen LogP contribution >= 0.6 is 11.9 Å². The van der Waals surface area contributed by atoms with Crippen LogP contribution in [0.5, 0.6) is 0 Å². The standard InChI is InChI=1S/C25H24N2S/c1-3-4-13-24-20(2)26-18-17-23(24)19-27-28-25-14-9-8-12-22(25)16-15-21-10-6-5-7-11-21/h4-14,17-18,27H,3,19H2,1-2H3/b13-4-. The molecule has 0 spiro atoms. The first kappa shape index (κ1) is 19.9. The van der Waals surface area contributed by atoms with E-state index in [-0.39, 0.29) is 0 Å². The summed E-state index contributed by atoms with van der Waals surface area (Å²) in [7, 11) is 0. The van der Waals surface area contributed by atoms with Gasteiger partial charge in [0.15, 0.2) is 0 Å². The number of hydrogen-bond donors (Lipinski definition) is 1. The predicted molar refractivity (Wildman–Crippen MR) is 120 cm³/mol. The Hall–Kier alpha value is -2.80. The Balaban J connectivity index is 1.71. The number of pyridine rings is 1. The third-order valence-electron chi connectivity index (χ3n) is 4.25. The molecule has 3 heteroatoms. The van der Waals surface area contributed by atoms with Gasteiger partial charge in [0.2, 0.25) is 0 Å². The fraction of sp³-hybridized carbons (Fsp3) is 0.160. The van der Waals surface area contributed by atoms with Gasteiger partial charge in [-0.2, -0.15) is 0 Å². The zero-order valence-electron chi connectivity index (χ0n) is 16.3. The average molecular weight is 385 g/mol. The quantitative estimate of drug-likeness (QED) is 0.416. The molecule has 1 aromatic heterocycles. The van der Waals surface area contributed by atoms with Gasteiger partial charge >= 0.3 is 0 Å². The van der Waals surface area contributed by atoms with Crippen molar-refractivity contribution in [1.29, 1.82) is 0 Å². The summed E-state index contributed by atoms with van der Waals surface area (Å²) < 4.78 is 3.49. The number of nitrogens with one attached hydrogen (secondary N) is 1. The van der Waals surface area contributed by atoms with Gasteiger partial charge < -0.3 is 0 Å². The smallest absolute Gasteiger partial charge is 0.0448 e. The van der Waals surface area contributed by atoms with Crippen molar-refractivity contribution in [2.75, 3.05) is 0 Å². The number of aromatic nitrogens is 1. The summed E-state index contributed by atoms with van der Waals surface area (Å²) in [5, 5.41) is 0. The zero-order valence-corrected chi connectivity index (χ0v) is 17.1. The molecule has 0 aliphatic carbocycles. The topological polar surface area (TPSA) is 24.9 Å². The minimum absolute atomic E-state index is 0.762. The molecule has 0 aliphatic heterocycles. The van der Waals surface area contributed by atoms with Crippen molar-refractivity contribution in [2.24, 2.45) is 0 Å². The summed E-state index contributed by atoms with van der Waals surface area (Å²) in [6.07, 6.45) is 7.24. The van der Waals surface area contributed by atoms with E-state index in [1.54, 1.807) is 11.9 Å². The minimum Gasteiger partial charge on any atom is -0.261 e. The monoisotopic (exact) mass is 384 g/mol. The second kappa shape index (κ2) is 10.5. The highest BCUT2D eigenvalue weighted by atomic mass is 32.2. The number of allylic oxidation sites excluding steroid dienone is 1. The fourth-order valence-corrected chi connectivity index (χ4v) is 3.52.